The molecule has 2 unspecified atom stereocenters. The van der Waals surface area contributed by atoms with Crippen molar-refractivity contribution in [3.05, 3.63) is 35.4 Å². The van der Waals surface area contributed by atoms with Crippen molar-refractivity contribution in [2.45, 2.75) is 31.8 Å². The summed E-state index contributed by atoms with van der Waals surface area (Å²) in [6.07, 6.45) is 2.54. The predicted octanol–water partition coefficient (Wildman–Crippen LogP) is 2.30. The van der Waals surface area contributed by atoms with Crippen LogP contribution in [-0.2, 0) is 0 Å². The largest absolute Gasteiger partial charge is 0.318 e. The van der Waals surface area contributed by atoms with Gasteiger partial charge < -0.3 is 5.32 Å². The number of likely N-dealkylation sites (N-methyl/N-ethyl adjacent to an activating group) is 1. The summed E-state index contributed by atoms with van der Waals surface area (Å²) in [5.74, 6) is 0. The lowest BCUT2D eigenvalue weighted by atomic mass is 10.0. The molecule has 1 aromatic rings. The molecule has 2 rings (SSSR count). The van der Waals surface area contributed by atoms with Crippen LogP contribution in [0, 0.1) is 11.3 Å². The number of nitrogens with zero attached hydrogens (tertiary/aromatic N) is 2. The summed E-state index contributed by atoms with van der Waals surface area (Å²) in [7, 11) is 2.01. The SMILES string of the molecule is CNCC1CCCN1C(C)c1cccc(C#N)c1. The van der Waals surface area contributed by atoms with E-state index in [4.69, 9.17) is 5.26 Å². The average Bonchev–Trinajstić information content (AvgIpc) is 2.86. The van der Waals surface area contributed by atoms with Gasteiger partial charge in [0.25, 0.3) is 0 Å². The maximum absolute atomic E-state index is 8.97. The molecule has 1 N–H and O–H groups in total. The minimum atomic E-state index is 0.388. The van der Waals surface area contributed by atoms with Crippen molar-refractivity contribution in [2.75, 3.05) is 20.1 Å². The van der Waals surface area contributed by atoms with E-state index in [1.165, 1.54) is 18.4 Å². The van der Waals surface area contributed by atoms with Crippen LogP contribution in [0.15, 0.2) is 24.3 Å². The first-order valence-corrected chi connectivity index (χ1v) is 6.66. The molecule has 1 aromatic carbocycles. The highest BCUT2D eigenvalue weighted by Crippen LogP contribution is 2.29. The molecule has 0 amide bonds. The maximum atomic E-state index is 8.97. The molecule has 2 atom stereocenters. The molecule has 18 heavy (non-hydrogen) atoms. The van der Waals surface area contributed by atoms with E-state index in [9.17, 15) is 0 Å². The molecule has 1 aliphatic rings. The van der Waals surface area contributed by atoms with Gasteiger partial charge in [0, 0.05) is 18.6 Å². The topological polar surface area (TPSA) is 39.1 Å². The summed E-state index contributed by atoms with van der Waals surface area (Å²) in [4.78, 5) is 2.55. The normalized spacial score (nSPS) is 21.7. The van der Waals surface area contributed by atoms with E-state index in [1.807, 2.05) is 25.2 Å². The van der Waals surface area contributed by atoms with E-state index >= 15 is 0 Å². The van der Waals surface area contributed by atoms with Gasteiger partial charge in [-0.05, 0) is 51.1 Å². The Kier molecular flexibility index (Phi) is 4.35. The van der Waals surface area contributed by atoms with Crippen LogP contribution in [0.5, 0.6) is 0 Å². The fourth-order valence-corrected chi connectivity index (χ4v) is 2.88. The third kappa shape index (κ3) is 2.72. The Morgan fingerprint density at radius 3 is 3.11 bits per heavy atom. The molecule has 1 saturated heterocycles. The van der Waals surface area contributed by atoms with Crippen LogP contribution in [0.2, 0.25) is 0 Å². The number of hydrogen-bond acceptors (Lipinski definition) is 3. The standard InChI is InChI=1S/C15H21N3/c1-12(14-6-3-5-13(9-14)10-16)18-8-4-7-15(18)11-17-2/h3,5-6,9,12,15,17H,4,7-8,11H2,1-2H3. The van der Waals surface area contributed by atoms with E-state index in [0.717, 1.165) is 18.7 Å². The Bertz CT molecular complexity index is 436. The molecule has 1 fully saturated rings. The number of hydrogen-bond donors (Lipinski definition) is 1. The van der Waals surface area contributed by atoms with E-state index < -0.39 is 0 Å². The van der Waals surface area contributed by atoms with E-state index in [-0.39, 0.29) is 0 Å². The van der Waals surface area contributed by atoms with Crippen molar-refractivity contribution >= 4 is 0 Å². The molecule has 1 aliphatic heterocycles. The van der Waals surface area contributed by atoms with Gasteiger partial charge in [-0.15, -0.1) is 0 Å². The van der Waals surface area contributed by atoms with Gasteiger partial charge in [0.2, 0.25) is 0 Å². The van der Waals surface area contributed by atoms with Crippen molar-refractivity contribution in [1.29, 1.82) is 5.26 Å². The minimum absolute atomic E-state index is 0.388. The molecule has 1 heterocycles. The van der Waals surface area contributed by atoms with Crippen LogP contribution in [0.3, 0.4) is 0 Å². The van der Waals surface area contributed by atoms with Crippen molar-refractivity contribution in [1.82, 2.24) is 10.2 Å². The summed E-state index contributed by atoms with van der Waals surface area (Å²) in [5.41, 5.74) is 2.00. The molecule has 0 saturated carbocycles. The monoisotopic (exact) mass is 243 g/mol. The second kappa shape index (κ2) is 5.99. The summed E-state index contributed by atoms with van der Waals surface area (Å²) >= 11 is 0. The van der Waals surface area contributed by atoms with Gasteiger partial charge in [-0.2, -0.15) is 5.26 Å². The molecule has 0 bridgehead atoms. The lowest BCUT2D eigenvalue weighted by molar-refractivity contribution is 0.191. The third-order valence-electron chi connectivity index (χ3n) is 3.86. The van der Waals surface area contributed by atoms with Crippen LogP contribution >= 0.6 is 0 Å². The second-order valence-electron chi connectivity index (χ2n) is 5.00. The minimum Gasteiger partial charge on any atom is -0.318 e. The van der Waals surface area contributed by atoms with Gasteiger partial charge in [0.15, 0.2) is 0 Å². The van der Waals surface area contributed by atoms with Gasteiger partial charge >= 0.3 is 0 Å². The van der Waals surface area contributed by atoms with Crippen molar-refractivity contribution in [3.8, 4) is 6.07 Å². The lowest BCUT2D eigenvalue weighted by Gasteiger charge is -2.31. The number of nitriles is 1. The Hall–Kier alpha value is -1.37. The summed E-state index contributed by atoms with van der Waals surface area (Å²) < 4.78 is 0. The van der Waals surface area contributed by atoms with Crippen molar-refractivity contribution in [3.63, 3.8) is 0 Å². The molecule has 0 spiro atoms. The van der Waals surface area contributed by atoms with Gasteiger partial charge in [-0.1, -0.05) is 12.1 Å². The Morgan fingerprint density at radius 2 is 2.39 bits per heavy atom. The van der Waals surface area contributed by atoms with Gasteiger partial charge in [0.05, 0.1) is 11.6 Å². The van der Waals surface area contributed by atoms with E-state index in [1.54, 1.807) is 0 Å². The summed E-state index contributed by atoms with van der Waals surface area (Å²) in [5, 5.41) is 12.2. The third-order valence-corrected chi connectivity index (χ3v) is 3.86. The Morgan fingerprint density at radius 1 is 1.56 bits per heavy atom. The highest BCUT2D eigenvalue weighted by atomic mass is 15.2. The Labute approximate surface area is 109 Å². The Balaban J connectivity index is 2.14. The zero-order chi connectivity index (χ0) is 13.0. The molecule has 0 aromatic heterocycles. The van der Waals surface area contributed by atoms with Crippen molar-refractivity contribution < 1.29 is 0 Å². The quantitative estimate of drug-likeness (QED) is 0.882. The van der Waals surface area contributed by atoms with E-state index in [2.05, 4.69) is 29.3 Å². The fraction of sp³-hybridized carbons (Fsp3) is 0.533. The zero-order valence-electron chi connectivity index (χ0n) is 11.2. The van der Waals surface area contributed by atoms with Gasteiger partial charge in [0.1, 0.15) is 0 Å². The maximum Gasteiger partial charge on any atom is 0.0991 e. The number of benzene rings is 1. The summed E-state index contributed by atoms with van der Waals surface area (Å²) in [6, 6.07) is 11.2. The lowest BCUT2D eigenvalue weighted by Crippen LogP contribution is -2.38. The second-order valence-corrected chi connectivity index (χ2v) is 5.00. The predicted molar refractivity (Wildman–Crippen MR) is 73.2 cm³/mol. The number of nitrogens with one attached hydrogen (secondary N) is 1. The molecule has 3 heteroatoms. The van der Waals surface area contributed by atoms with E-state index in [0.29, 0.717) is 12.1 Å². The van der Waals surface area contributed by atoms with Crippen LogP contribution in [0.25, 0.3) is 0 Å². The smallest absolute Gasteiger partial charge is 0.0991 e. The van der Waals surface area contributed by atoms with Gasteiger partial charge in [-0.3, -0.25) is 4.90 Å². The van der Waals surface area contributed by atoms with Gasteiger partial charge in [-0.25, -0.2) is 0 Å². The molecular formula is C15H21N3. The molecule has 3 nitrogen and oxygen atoms in total. The first-order valence-electron chi connectivity index (χ1n) is 6.66. The highest BCUT2D eigenvalue weighted by Gasteiger charge is 2.28. The first kappa shape index (κ1) is 13.1. The molecule has 96 valence electrons. The molecular weight excluding hydrogens is 222 g/mol. The van der Waals surface area contributed by atoms with Crippen molar-refractivity contribution in [2.24, 2.45) is 0 Å². The number of rotatable bonds is 4. The fourth-order valence-electron chi connectivity index (χ4n) is 2.88. The van der Waals surface area contributed by atoms with Crippen LogP contribution in [-0.4, -0.2) is 31.1 Å². The highest BCUT2D eigenvalue weighted by molar-refractivity contribution is 5.34. The average molecular weight is 243 g/mol. The summed E-state index contributed by atoms with van der Waals surface area (Å²) in [6.45, 7) is 4.44. The molecule has 0 aliphatic carbocycles. The number of likely N-dealkylation sites (tertiary alicyclic amines) is 1. The van der Waals surface area contributed by atoms with Crippen LogP contribution in [0.1, 0.15) is 36.9 Å². The van der Waals surface area contributed by atoms with Crippen LogP contribution in [0.4, 0.5) is 0 Å². The first-order chi connectivity index (χ1) is 8.76. The molecule has 0 radical (unpaired) electrons. The zero-order valence-corrected chi connectivity index (χ0v) is 11.2. The van der Waals surface area contributed by atoms with Crippen LogP contribution < -0.4 is 5.32 Å².